The molecule has 0 saturated carbocycles. The van der Waals surface area contributed by atoms with Gasteiger partial charge in [-0.2, -0.15) is 0 Å². The van der Waals surface area contributed by atoms with Crippen LogP contribution in [0.1, 0.15) is 20.8 Å². The van der Waals surface area contributed by atoms with Gasteiger partial charge in [0.05, 0.1) is 3.57 Å². The van der Waals surface area contributed by atoms with Crippen molar-refractivity contribution in [2.75, 3.05) is 6.07 Å². The van der Waals surface area contributed by atoms with Crippen molar-refractivity contribution >= 4 is 56.8 Å². The van der Waals surface area contributed by atoms with Crippen LogP contribution in [0, 0.1) is 7.14 Å². The number of rotatable bonds is 3. The largest absolute Gasteiger partial charge is 0.484 e. The van der Waals surface area contributed by atoms with Crippen LogP contribution in [0.4, 0.5) is 0 Å². The van der Waals surface area contributed by atoms with Crippen LogP contribution in [-0.2, 0) is 0 Å². The Labute approximate surface area is 128 Å². The highest BCUT2D eigenvalue weighted by Gasteiger charge is 2.18. The van der Waals surface area contributed by atoms with Gasteiger partial charge in [-0.3, -0.25) is 0 Å². The molecule has 0 bridgehead atoms. The van der Waals surface area contributed by atoms with E-state index in [1.165, 1.54) is 0 Å². The molecule has 1 rings (SSSR count). The van der Waals surface area contributed by atoms with E-state index in [4.69, 9.17) is 21.1 Å². The van der Waals surface area contributed by atoms with E-state index in [0.717, 1.165) is 12.9 Å². The molecule has 0 aliphatic heterocycles. The van der Waals surface area contributed by atoms with E-state index in [1.807, 2.05) is 32.9 Å². The smallest absolute Gasteiger partial charge is 0.176 e. The van der Waals surface area contributed by atoms with Crippen molar-refractivity contribution in [3.05, 3.63) is 19.3 Å². The summed E-state index contributed by atoms with van der Waals surface area (Å²) in [6.07, 6.45) is 0. The molecule has 0 unspecified atom stereocenters. The lowest BCUT2D eigenvalue weighted by molar-refractivity contribution is 0.124. The van der Waals surface area contributed by atoms with Crippen molar-refractivity contribution in [3.63, 3.8) is 0 Å². The normalized spacial score (nSPS) is 11.4. The first-order valence-corrected chi connectivity index (χ1v) is 7.39. The van der Waals surface area contributed by atoms with Crippen LogP contribution in [0.2, 0.25) is 0 Å². The maximum atomic E-state index is 5.85. The van der Waals surface area contributed by atoms with Gasteiger partial charge in [-0.05, 0) is 78.1 Å². The molecule has 2 nitrogen and oxygen atoms in total. The van der Waals surface area contributed by atoms with Crippen molar-refractivity contribution in [2.24, 2.45) is 0 Å². The standard InChI is InChI=1S/C11H13ClI2O2/c1-11(2,3)16-9-5-7(13)4-8(14)10(9)15-6-12/h4-5H,6H2,1-3H3. The van der Waals surface area contributed by atoms with Crippen molar-refractivity contribution in [1.82, 2.24) is 0 Å². The molecule has 0 saturated heterocycles. The monoisotopic (exact) mass is 466 g/mol. The molecule has 0 spiro atoms. The van der Waals surface area contributed by atoms with Gasteiger partial charge in [0.2, 0.25) is 0 Å². The predicted octanol–water partition coefficient (Wildman–Crippen LogP) is 4.65. The zero-order valence-corrected chi connectivity index (χ0v) is 14.4. The Kier molecular flexibility index (Phi) is 5.44. The highest BCUT2D eigenvalue weighted by molar-refractivity contribution is 14.1. The number of benzene rings is 1. The van der Waals surface area contributed by atoms with E-state index < -0.39 is 0 Å². The molecular weight excluding hydrogens is 453 g/mol. The van der Waals surface area contributed by atoms with Crippen LogP contribution in [0.15, 0.2) is 12.1 Å². The third kappa shape index (κ3) is 4.44. The lowest BCUT2D eigenvalue weighted by atomic mass is 10.2. The number of alkyl halides is 1. The Morgan fingerprint density at radius 3 is 2.38 bits per heavy atom. The maximum absolute atomic E-state index is 5.85. The molecule has 0 aromatic heterocycles. The van der Waals surface area contributed by atoms with Crippen LogP contribution >= 0.6 is 56.8 Å². The minimum atomic E-state index is -0.252. The van der Waals surface area contributed by atoms with Gasteiger partial charge in [0.15, 0.2) is 17.6 Å². The summed E-state index contributed by atoms with van der Waals surface area (Å²) in [5.41, 5.74) is -0.252. The molecule has 0 heterocycles. The molecule has 0 radical (unpaired) electrons. The zero-order valence-electron chi connectivity index (χ0n) is 9.31. The van der Waals surface area contributed by atoms with Gasteiger partial charge >= 0.3 is 0 Å². The number of hydrogen-bond donors (Lipinski definition) is 0. The molecule has 1 aromatic rings. The van der Waals surface area contributed by atoms with Gasteiger partial charge in [-0.25, -0.2) is 0 Å². The first kappa shape index (κ1) is 14.6. The molecule has 0 fully saturated rings. The average Bonchev–Trinajstić information content (AvgIpc) is 2.08. The van der Waals surface area contributed by atoms with E-state index >= 15 is 0 Å². The summed E-state index contributed by atoms with van der Waals surface area (Å²) in [5, 5.41) is 0. The second-order valence-electron chi connectivity index (χ2n) is 4.18. The van der Waals surface area contributed by atoms with Gasteiger partial charge in [-0.1, -0.05) is 11.6 Å². The minimum Gasteiger partial charge on any atom is -0.484 e. The Balaban J connectivity index is 3.13. The van der Waals surface area contributed by atoms with Crippen LogP contribution < -0.4 is 9.47 Å². The van der Waals surface area contributed by atoms with Gasteiger partial charge in [0, 0.05) is 3.57 Å². The van der Waals surface area contributed by atoms with Crippen LogP contribution in [0.25, 0.3) is 0 Å². The predicted molar refractivity (Wildman–Crippen MR) is 83.6 cm³/mol. The maximum Gasteiger partial charge on any atom is 0.176 e. The minimum absolute atomic E-state index is 0.122. The fourth-order valence-corrected chi connectivity index (χ4v) is 3.19. The Morgan fingerprint density at radius 2 is 1.88 bits per heavy atom. The third-order valence-corrected chi connectivity index (χ3v) is 3.12. The summed E-state index contributed by atoms with van der Waals surface area (Å²) in [7, 11) is 0. The van der Waals surface area contributed by atoms with E-state index in [2.05, 4.69) is 45.2 Å². The van der Waals surface area contributed by atoms with Gasteiger partial charge in [0.25, 0.3) is 0 Å². The molecule has 1 aromatic carbocycles. The summed E-state index contributed by atoms with van der Waals surface area (Å²) in [4.78, 5) is 0. The fourth-order valence-electron chi connectivity index (χ4n) is 1.14. The molecule has 5 heteroatoms. The number of halogens is 3. The summed E-state index contributed by atoms with van der Waals surface area (Å²) in [5.74, 6) is 1.45. The lowest BCUT2D eigenvalue weighted by Gasteiger charge is -2.23. The highest BCUT2D eigenvalue weighted by atomic mass is 127. The third-order valence-electron chi connectivity index (χ3n) is 1.59. The Morgan fingerprint density at radius 1 is 1.25 bits per heavy atom. The van der Waals surface area contributed by atoms with Crippen molar-refractivity contribution < 1.29 is 9.47 Å². The quantitative estimate of drug-likeness (QED) is 0.477. The first-order valence-electron chi connectivity index (χ1n) is 4.70. The zero-order chi connectivity index (χ0) is 12.3. The van der Waals surface area contributed by atoms with E-state index in [1.54, 1.807) is 0 Å². The highest BCUT2D eigenvalue weighted by Crippen LogP contribution is 2.36. The fraction of sp³-hybridized carbons (Fsp3) is 0.455. The summed E-state index contributed by atoms with van der Waals surface area (Å²) < 4.78 is 13.4. The second-order valence-corrected chi connectivity index (χ2v) is 6.81. The van der Waals surface area contributed by atoms with E-state index in [9.17, 15) is 0 Å². The SMILES string of the molecule is CC(C)(C)Oc1cc(I)cc(I)c1OCCl. The molecule has 0 N–H and O–H groups in total. The Bertz CT molecular complexity index is 375. The summed E-state index contributed by atoms with van der Waals surface area (Å²) in [6.45, 7) is 6.01. The van der Waals surface area contributed by atoms with E-state index in [-0.39, 0.29) is 11.7 Å². The summed E-state index contributed by atoms with van der Waals surface area (Å²) in [6, 6.07) is 4.10. The second kappa shape index (κ2) is 5.95. The number of ether oxygens (including phenoxy) is 2. The molecule has 0 aliphatic rings. The number of hydrogen-bond acceptors (Lipinski definition) is 2. The van der Waals surface area contributed by atoms with Crippen molar-refractivity contribution in [1.29, 1.82) is 0 Å². The van der Waals surface area contributed by atoms with Crippen molar-refractivity contribution in [2.45, 2.75) is 26.4 Å². The van der Waals surface area contributed by atoms with E-state index in [0.29, 0.717) is 5.75 Å². The molecular formula is C11H13ClI2O2. The van der Waals surface area contributed by atoms with Crippen LogP contribution in [0.5, 0.6) is 11.5 Å². The Hall–Kier alpha value is 0.570. The summed E-state index contributed by atoms with van der Waals surface area (Å²) >= 11 is 10.1. The molecule has 0 atom stereocenters. The van der Waals surface area contributed by atoms with Crippen LogP contribution in [-0.4, -0.2) is 11.7 Å². The first-order chi connectivity index (χ1) is 7.33. The molecule has 0 amide bonds. The topological polar surface area (TPSA) is 18.5 Å². The van der Waals surface area contributed by atoms with Gasteiger partial charge in [-0.15, -0.1) is 0 Å². The van der Waals surface area contributed by atoms with Gasteiger partial charge in [0.1, 0.15) is 5.60 Å². The average molecular weight is 466 g/mol. The van der Waals surface area contributed by atoms with Crippen molar-refractivity contribution in [3.8, 4) is 11.5 Å². The lowest BCUT2D eigenvalue weighted by Crippen LogP contribution is -2.23. The molecule has 16 heavy (non-hydrogen) atoms. The van der Waals surface area contributed by atoms with Crippen LogP contribution in [0.3, 0.4) is 0 Å². The molecule has 0 aliphatic carbocycles. The van der Waals surface area contributed by atoms with Gasteiger partial charge < -0.3 is 9.47 Å². The molecule has 90 valence electrons.